The van der Waals surface area contributed by atoms with E-state index >= 15 is 0 Å². The van der Waals surface area contributed by atoms with E-state index in [1.54, 1.807) is 6.92 Å². The maximum Gasteiger partial charge on any atom is 0.244 e. The molecule has 3 N–H and O–H groups in total. The van der Waals surface area contributed by atoms with Crippen LogP contribution >= 0.6 is 27.7 Å². The number of hydrogen-bond acceptors (Lipinski definition) is 9. The molecule has 0 bridgehead atoms. The number of amides is 2. The lowest BCUT2D eigenvalue weighted by Gasteiger charge is -2.34. The fraction of sp³-hybridized carbons (Fsp3) is 0.536. The van der Waals surface area contributed by atoms with Crippen molar-refractivity contribution in [2.45, 2.75) is 69.6 Å². The molecule has 1 aromatic carbocycles. The highest BCUT2D eigenvalue weighted by Crippen LogP contribution is 2.42. The van der Waals surface area contributed by atoms with Crippen molar-refractivity contribution < 1.29 is 19.1 Å². The lowest BCUT2D eigenvalue weighted by atomic mass is 9.92. The molecule has 2 aliphatic heterocycles. The lowest BCUT2D eigenvalue weighted by molar-refractivity contribution is -0.137. The molecule has 41 heavy (non-hydrogen) atoms. The summed E-state index contributed by atoms with van der Waals surface area (Å²) >= 11 is 5.16. The molecule has 5 rings (SSSR count). The molecule has 2 aliphatic rings. The van der Waals surface area contributed by atoms with Gasteiger partial charge < -0.3 is 30.0 Å². The summed E-state index contributed by atoms with van der Waals surface area (Å²) in [6, 6.07) is 3.32. The van der Waals surface area contributed by atoms with Crippen LogP contribution in [0.5, 0.6) is 11.5 Å². The largest absolute Gasteiger partial charge is 0.486 e. The fourth-order valence-electron chi connectivity index (χ4n) is 5.10. The Morgan fingerprint density at radius 3 is 2.54 bits per heavy atom. The Morgan fingerprint density at radius 2 is 1.85 bits per heavy atom. The van der Waals surface area contributed by atoms with E-state index in [0.717, 1.165) is 27.4 Å². The molecule has 11 nitrogen and oxygen atoms in total. The summed E-state index contributed by atoms with van der Waals surface area (Å²) in [5, 5.41) is 3.62. The number of benzene rings is 1. The third kappa shape index (κ3) is 6.88. The van der Waals surface area contributed by atoms with E-state index in [1.165, 1.54) is 18.1 Å². The summed E-state index contributed by atoms with van der Waals surface area (Å²) in [7, 11) is 0. The normalized spacial score (nSPS) is 16.6. The molecular weight excluding hydrogens is 610 g/mol. The van der Waals surface area contributed by atoms with Crippen LogP contribution in [-0.4, -0.2) is 68.6 Å². The molecule has 2 amide bonds. The molecule has 4 heterocycles. The number of nitrogen functional groups attached to an aromatic ring is 1. The number of rotatable bonds is 7. The summed E-state index contributed by atoms with van der Waals surface area (Å²) in [5.74, 6) is 1.90. The first-order valence-corrected chi connectivity index (χ1v) is 15.4. The zero-order chi connectivity index (χ0) is 29.3. The Morgan fingerprint density at radius 1 is 1.17 bits per heavy atom. The average Bonchev–Trinajstić information content (AvgIpc) is 3.26. The Labute approximate surface area is 252 Å². The summed E-state index contributed by atoms with van der Waals surface area (Å²) < 4.78 is 14.5. The Hall–Kier alpha value is -3.06. The number of fused-ring (bicyclic) bond motifs is 2. The Kier molecular flexibility index (Phi) is 8.65. The van der Waals surface area contributed by atoms with Gasteiger partial charge in [0.05, 0.1) is 0 Å². The van der Waals surface area contributed by atoms with Gasteiger partial charge in [-0.3, -0.25) is 9.59 Å². The second-order valence-electron chi connectivity index (χ2n) is 11.8. The number of carbonyl (C=O) groups excluding carboxylic acids is 2. The van der Waals surface area contributed by atoms with Crippen molar-refractivity contribution in [3.8, 4) is 11.5 Å². The molecule has 3 aromatic rings. The van der Waals surface area contributed by atoms with Gasteiger partial charge >= 0.3 is 0 Å². The van der Waals surface area contributed by atoms with Crippen LogP contribution in [0, 0.1) is 11.3 Å². The van der Waals surface area contributed by atoms with Crippen LogP contribution in [-0.2, 0) is 16.1 Å². The molecule has 0 saturated carbocycles. The predicted molar refractivity (Wildman–Crippen MR) is 160 cm³/mol. The van der Waals surface area contributed by atoms with E-state index in [9.17, 15) is 9.59 Å². The van der Waals surface area contributed by atoms with Crippen molar-refractivity contribution in [1.29, 1.82) is 0 Å². The number of ether oxygens (including phenoxy) is 2. The van der Waals surface area contributed by atoms with Crippen molar-refractivity contribution in [3.63, 3.8) is 0 Å². The quantitative estimate of drug-likeness (QED) is 0.386. The number of nitrogens with zero attached hydrogens (tertiary/aromatic N) is 5. The van der Waals surface area contributed by atoms with E-state index in [-0.39, 0.29) is 17.2 Å². The number of piperidine rings is 1. The maximum absolute atomic E-state index is 13.1. The SMILES string of the molecule is C[C@@H](NC(=O)CC(C)(C)C)C(=O)N1CCC(Cn2c(Sc3cc4c(cc3Br)OCCO4)nc3c(N)ncnc32)CC1. The molecule has 13 heteroatoms. The number of likely N-dealkylation sites (tertiary alicyclic amines) is 1. The van der Waals surface area contributed by atoms with Gasteiger partial charge in [-0.15, -0.1) is 0 Å². The number of hydrogen-bond donors (Lipinski definition) is 2. The van der Waals surface area contributed by atoms with Crippen molar-refractivity contribution in [2.24, 2.45) is 11.3 Å². The van der Waals surface area contributed by atoms with E-state index in [0.29, 0.717) is 73.7 Å². The van der Waals surface area contributed by atoms with Crippen molar-refractivity contribution >= 4 is 56.5 Å². The molecule has 2 aromatic heterocycles. The van der Waals surface area contributed by atoms with Crippen molar-refractivity contribution in [2.75, 3.05) is 32.0 Å². The maximum atomic E-state index is 13.1. The summed E-state index contributed by atoms with van der Waals surface area (Å²) in [4.78, 5) is 41.7. The van der Waals surface area contributed by atoms with Gasteiger partial charge in [-0.25, -0.2) is 15.0 Å². The van der Waals surface area contributed by atoms with Crippen LogP contribution in [0.1, 0.15) is 47.0 Å². The third-order valence-corrected chi connectivity index (χ3v) is 9.10. The molecule has 1 saturated heterocycles. The molecule has 0 radical (unpaired) electrons. The number of halogens is 1. The zero-order valence-corrected chi connectivity index (χ0v) is 26.2. The first kappa shape index (κ1) is 29.4. The van der Waals surface area contributed by atoms with Crippen molar-refractivity contribution in [3.05, 3.63) is 22.9 Å². The van der Waals surface area contributed by atoms with E-state index < -0.39 is 6.04 Å². The topological polar surface area (TPSA) is 137 Å². The molecule has 1 atom stereocenters. The van der Waals surface area contributed by atoms with Crippen molar-refractivity contribution in [1.82, 2.24) is 29.7 Å². The summed E-state index contributed by atoms with van der Waals surface area (Å²) in [6.07, 6.45) is 3.49. The standard InChI is InChI=1S/C28H36BrN7O4S/c1-16(33-22(37)13-28(2,3)4)26(38)35-7-5-17(6-8-35)14-36-25-23(24(30)31-15-32-25)34-27(36)41-21-12-20-19(11-18(21)29)39-9-10-40-20/h11-12,15-17H,5-10,13-14H2,1-4H3,(H,33,37)(H2,30,31,32)/t16-/m1/s1. The number of nitrogens with one attached hydrogen (secondary N) is 1. The van der Waals surface area contributed by atoms with E-state index in [1.807, 2.05) is 37.8 Å². The minimum atomic E-state index is -0.550. The number of imidazole rings is 1. The summed E-state index contributed by atoms with van der Waals surface area (Å²) in [5.41, 5.74) is 7.30. The monoisotopic (exact) mass is 645 g/mol. The van der Waals surface area contributed by atoms with E-state index in [2.05, 4.69) is 35.8 Å². The number of nitrogens with two attached hydrogens (primary N) is 1. The highest BCUT2D eigenvalue weighted by molar-refractivity contribution is 9.10. The highest BCUT2D eigenvalue weighted by atomic mass is 79.9. The zero-order valence-electron chi connectivity index (χ0n) is 23.8. The van der Waals surface area contributed by atoms with E-state index in [4.69, 9.17) is 20.2 Å². The van der Waals surface area contributed by atoms with Gasteiger partial charge in [0.2, 0.25) is 11.8 Å². The van der Waals surface area contributed by atoms with Gasteiger partial charge in [-0.2, -0.15) is 0 Å². The molecule has 0 unspecified atom stereocenters. The second kappa shape index (κ2) is 12.0. The Balaban J connectivity index is 1.28. The molecule has 220 valence electrons. The van der Waals surface area contributed by atoms with Gasteiger partial charge in [0.1, 0.15) is 25.6 Å². The Bertz CT molecular complexity index is 1450. The third-order valence-electron chi connectivity index (χ3n) is 7.13. The van der Waals surface area contributed by atoms with Gasteiger partial charge in [-0.1, -0.05) is 32.5 Å². The molecular formula is C28H36BrN7O4S. The van der Waals surface area contributed by atoms with Gasteiger partial charge in [0.25, 0.3) is 0 Å². The predicted octanol–water partition coefficient (Wildman–Crippen LogP) is 4.27. The minimum absolute atomic E-state index is 0.0426. The fourth-order valence-corrected chi connectivity index (χ4v) is 6.59. The first-order valence-electron chi connectivity index (χ1n) is 13.8. The molecule has 1 fully saturated rings. The second-order valence-corrected chi connectivity index (χ2v) is 13.6. The van der Waals surface area contributed by atoms with Gasteiger partial charge in [-0.05, 0) is 59.2 Å². The average molecular weight is 647 g/mol. The molecule has 0 aliphatic carbocycles. The van der Waals surface area contributed by atoms with Gasteiger partial charge in [0.15, 0.2) is 33.6 Å². The van der Waals surface area contributed by atoms with Crippen LogP contribution in [0.3, 0.4) is 0 Å². The van der Waals surface area contributed by atoms with Crippen LogP contribution in [0.15, 0.2) is 33.0 Å². The lowest BCUT2D eigenvalue weighted by Crippen LogP contribution is -2.50. The van der Waals surface area contributed by atoms with Crippen LogP contribution in [0.25, 0.3) is 11.2 Å². The highest BCUT2D eigenvalue weighted by Gasteiger charge is 2.29. The van der Waals surface area contributed by atoms with Crippen LogP contribution in [0.4, 0.5) is 5.82 Å². The summed E-state index contributed by atoms with van der Waals surface area (Å²) in [6.45, 7) is 10.7. The molecule has 0 spiro atoms. The van der Waals surface area contributed by atoms with Gasteiger partial charge in [0, 0.05) is 35.4 Å². The van der Waals surface area contributed by atoms with Crippen LogP contribution < -0.4 is 20.5 Å². The number of anilines is 1. The number of carbonyl (C=O) groups is 2. The first-order chi connectivity index (χ1) is 19.5. The van der Waals surface area contributed by atoms with Crippen LogP contribution in [0.2, 0.25) is 0 Å². The number of aromatic nitrogens is 4. The smallest absolute Gasteiger partial charge is 0.244 e. The minimum Gasteiger partial charge on any atom is -0.486 e.